The van der Waals surface area contributed by atoms with E-state index in [-0.39, 0.29) is 12.2 Å². The molecule has 2 heterocycles. The molecule has 1 atom stereocenters. The van der Waals surface area contributed by atoms with Crippen molar-refractivity contribution in [2.75, 3.05) is 6.61 Å². The lowest BCUT2D eigenvalue weighted by Crippen LogP contribution is -2.40. The number of carbonyl (C=O) groups excluding carboxylic acids is 1. The van der Waals surface area contributed by atoms with Crippen molar-refractivity contribution in [2.24, 2.45) is 4.99 Å². The highest BCUT2D eigenvalue weighted by molar-refractivity contribution is 7.07. The van der Waals surface area contributed by atoms with Crippen molar-refractivity contribution in [1.82, 2.24) is 4.57 Å². The summed E-state index contributed by atoms with van der Waals surface area (Å²) in [5, 5.41) is 0.665. The van der Waals surface area contributed by atoms with Crippen LogP contribution in [-0.2, 0) is 16.1 Å². The molecular formula is C38H33ClN2O4S. The van der Waals surface area contributed by atoms with Gasteiger partial charge in [-0.3, -0.25) is 9.36 Å². The van der Waals surface area contributed by atoms with Gasteiger partial charge in [-0.2, -0.15) is 0 Å². The third-order valence-corrected chi connectivity index (χ3v) is 8.98. The zero-order valence-corrected chi connectivity index (χ0v) is 27.3. The van der Waals surface area contributed by atoms with Crippen LogP contribution in [0.25, 0.3) is 11.8 Å². The highest BCUT2D eigenvalue weighted by Gasteiger charge is 2.35. The number of carbonyl (C=O) groups is 1. The summed E-state index contributed by atoms with van der Waals surface area (Å²) in [5.41, 5.74) is 5.19. The maximum absolute atomic E-state index is 14.2. The summed E-state index contributed by atoms with van der Waals surface area (Å²) >= 11 is 7.39. The molecule has 0 aliphatic carbocycles. The van der Waals surface area contributed by atoms with Crippen LogP contribution in [0.3, 0.4) is 0 Å². The normalized spacial score (nSPS) is 14.6. The predicted molar refractivity (Wildman–Crippen MR) is 184 cm³/mol. The van der Waals surface area contributed by atoms with Gasteiger partial charge in [0.05, 0.1) is 28.5 Å². The van der Waals surface area contributed by atoms with Gasteiger partial charge in [0.15, 0.2) is 4.80 Å². The number of ether oxygens (including phenoxy) is 2. The van der Waals surface area contributed by atoms with Crippen molar-refractivity contribution in [3.8, 4) is 5.75 Å². The summed E-state index contributed by atoms with van der Waals surface area (Å²) < 4.78 is 13.6. The third kappa shape index (κ3) is 6.62. The van der Waals surface area contributed by atoms with Crippen LogP contribution >= 0.6 is 22.9 Å². The minimum Gasteiger partial charge on any atom is -0.489 e. The van der Waals surface area contributed by atoms with E-state index in [1.807, 2.05) is 97.1 Å². The van der Waals surface area contributed by atoms with Gasteiger partial charge in [-0.05, 0) is 65.4 Å². The highest BCUT2D eigenvalue weighted by Crippen LogP contribution is 2.35. The molecule has 0 bridgehead atoms. The summed E-state index contributed by atoms with van der Waals surface area (Å²) in [5.74, 6) is 0.547. The van der Waals surface area contributed by atoms with E-state index >= 15 is 0 Å². The quantitative estimate of drug-likeness (QED) is 0.157. The van der Waals surface area contributed by atoms with Crippen LogP contribution in [0, 0.1) is 0 Å². The number of benzene rings is 4. The van der Waals surface area contributed by atoms with Crippen LogP contribution < -0.4 is 19.6 Å². The topological polar surface area (TPSA) is 69.9 Å². The van der Waals surface area contributed by atoms with Crippen molar-refractivity contribution < 1.29 is 14.3 Å². The molecule has 0 saturated heterocycles. The van der Waals surface area contributed by atoms with Crippen molar-refractivity contribution in [1.29, 1.82) is 0 Å². The molecule has 6 rings (SSSR count). The Morgan fingerprint density at radius 1 is 0.978 bits per heavy atom. The minimum atomic E-state index is -0.712. The standard InChI is InChI=1S/C38H33ClN2O4S/c1-4-44-37(43)33-34(28-10-6-5-7-11-28)40-38-41(35(33)29-17-15-27(16-18-29)24(2)3)36(42)32(46-38)22-25-13-19-31(20-14-25)45-23-26-9-8-12-30(39)21-26/h5-22,24,35H,4,23H2,1-3H3/b32-22-/t35-/m1/s1. The Hall–Kier alpha value is -4.72. The lowest BCUT2D eigenvalue weighted by atomic mass is 9.91. The number of thiazole rings is 1. The summed E-state index contributed by atoms with van der Waals surface area (Å²) in [6, 6.07) is 32.1. The van der Waals surface area contributed by atoms with Gasteiger partial charge >= 0.3 is 5.97 Å². The fourth-order valence-electron chi connectivity index (χ4n) is 5.42. The van der Waals surface area contributed by atoms with Gasteiger partial charge in [-0.15, -0.1) is 0 Å². The summed E-state index contributed by atoms with van der Waals surface area (Å²) in [6.45, 7) is 6.63. The number of nitrogens with zero attached hydrogens (tertiary/aromatic N) is 2. The van der Waals surface area contributed by atoms with E-state index in [1.165, 1.54) is 16.9 Å². The van der Waals surface area contributed by atoms with Gasteiger partial charge < -0.3 is 9.47 Å². The molecule has 0 amide bonds. The number of hydrogen-bond acceptors (Lipinski definition) is 6. The first-order chi connectivity index (χ1) is 22.3. The average molecular weight is 649 g/mol. The monoisotopic (exact) mass is 648 g/mol. The minimum absolute atomic E-state index is 0.201. The second kappa shape index (κ2) is 13.7. The zero-order chi connectivity index (χ0) is 32.2. The van der Waals surface area contributed by atoms with Gasteiger partial charge in [0.1, 0.15) is 12.4 Å². The number of aromatic nitrogens is 1. The summed E-state index contributed by atoms with van der Waals surface area (Å²) in [6.07, 6.45) is 1.85. The Morgan fingerprint density at radius 2 is 1.72 bits per heavy atom. The van der Waals surface area contributed by atoms with Crippen LogP contribution in [0.1, 0.15) is 60.5 Å². The highest BCUT2D eigenvalue weighted by atomic mass is 35.5. The molecule has 8 heteroatoms. The molecule has 0 N–H and O–H groups in total. The Labute approximate surface area is 276 Å². The fourth-order valence-corrected chi connectivity index (χ4v) is 6.64. The molecule has 4 aromatic carbocycles. The van der Waals surface area contributed by atoms with E-state index in [1.54, 1.807) is 11.5 Å². The molecular weight excluding hydrogens is 616 g/mol. The fraction of sp³-hybridized carbons (Fsp3) is 0.184. The van der Waals surface area contributed by atoms with Crippen molar-refractivity contribution >= 4 is 40.7 Å². The molecule has 1 aromatic heterocycles. The first-order valence-electron chi connectivity index (χ1n) is 15.2. The first-order valence-corrected chi connectivity index (χ1v) is 16.4. The Kier molecular flexibility index (Phi) is 9.33. The molecule has 6 nitrogen and oxygen atoms in total. The molecule has 0 unspecified atom stereocenters. The van der Waals surface area contributed by atoms with E-state index in [4.69, 9.17) is 26.1 Å². The van der Waals surface area contributed by atoms with Crippen molar-refractivity contribution in [3.05, 3.63) is 161 Å². The third-order valence-electron chi connectivity index (χ3n) is 7.76. The van der Waals surface area contributed by atoms with Gasteiger partial charge in [0.25, 0.3) is 5.56 Å². The van der Waals surface area contributed by atoms with Crippen LogP contribution in [-0.4, -0.2) is 17.1 Å². The van der Waals surface area contributed by atoms with Gasteiger partial charge in [-0.1, -0.05) is 116 Å². The first kappa shape index (κ1) is 31.3. The average Bonchev–Trinajstić information content (AvgIpc) is 3.38. The van der Waals surface area contributed by atoms with Crippen LogP contribution in [0.15, 0.2) is 118 Å². The van der Waals surface area contributed by atoms with Gasteiger partial charge in [0.2, 0.25) is 0 Å². The second-order valence-electron chi connectivity index (χ2n) is 11.2. The second-order valence-corrected chi connectivity index (χ2v) is 12.7. The summed E-state index contributed by atoms with van der Waals surface area (Å²) in [7, 11) is 0. The number of fused-ring (bicyclic) bond motifs is 1. The van der Waals surface area contributed by atoms with Crippen molar-refractivity contribution in [2.45, 2.75) is 39.3 Å². The van der Waals surface area contributed by atoms with Gasteiger partial charge in [-0.25, -0.2) is 9.79 Å². The van der Waals surface area contributed by atoms with E-state index in [2.05, 4.69) is 26.0 Å². The van der Waals surface area contributed by atoms with Crippen molar-refractivity contribution in [3.63, 3.8) is 0 Å². The maximum atomic E-state index is 14.2. The predicted octanol–water partition coefficient (Wildman–Crippen LogP) is 7.29. The van der Waals surface area contributed by atoms with Crippen LogP contribution in [0.4, 0.5) is 0 Å². The molecule has 0 spiro atoms. The van der Waals surface area contributed by atoms with Gasteiger partial charge in [0, 0.05) is 10.6 Å². The molecule has 232 valence electrons. The molecule has 0 fully saturated rings. The summed E-state index contributed by atoms with van der Waals surface area (Å²) in [4.78, 5) is 33.3. The molecule has 46 heavy (non-hydrogen) atoms. The molecule has 1 aliphatic heterocycles. The SMILES string of the molecule is CCOC(=O)C1=C(c2ccccc2)N=c2s/c(=C\c3ccc(OCc4cccc(Cl)c4)cc3)c(=O)n2[C@@H]1c1ccc(C(C)C)cc1. The Balaban J connectivity index is 1.44. The molecule has 5 aromatic rings. The number of rotatable bonds is 9. The number of hydrogen-bond donors (Lipinski definition) is 0. The van der Waals surface area contributed by atoms with E-state index in [0.717, 1.165) is 22.3 Å². The maximum Gasteiger partial charge on any atom is 0.338 e. The molecule has 0 radical (unpaired) electrons. The number of halogens is 1. The van der Waals surface area contributed by atoms with E-state index in [0.29, 0.717) is 43.9 Å². The van der Waals surface area contributed by atoms with Crippen LogP contribution in [0.2, 0.25) is 5.02 Å². The largest absolute Gasteiger partial charge is 0.489 e. The van der Waals surface area contributed by atoms with Crippen LogP contribution in [0.5, 0.6) is 5.75 Å². The zero-order valence-electron chi connectivity index (χ0n) is 25.8. The Bertz CT molecular complexity index is 2080. The van der Waals surface area contributed by atoms with E-state index < -0.39 is 12.0 Å². The molecule has 1 aliphatic rings. The Morgan fingerprint density at radius 3 is 2.39 bits per heavy atom. The van der Waals surface area contributed by atoms with E-state index in [9.17, 15) is 9.59 Å². The molecule has 0 saturated carbocycles. The lowest BCUT2D eigenvalue weighted by Gasteiger charge is -2.26. The lowest BCUT2D eigenvalue weighted by molar-refractivity contribution is -0.138. The number of esters is 1. The smallest absolute Gasteiger partial charge is 0.338 e.